The van der Waals surface area contributed by atoms with E-state index in [1.54, 1.807) is 18.3 Å². The molecule has 1 aliphatic rings. The molecule has 1 aromatic carbocycles. The number of rotatable bonds is 6. The first kappa shape index (κ1) is 19.9. The average Bonchev–Trinajstić information content (AvgIpc) is 2.67. The molecule has 1 unspecified atom stereocenters. The van der Waals surface area contributed by atoms with Crippen LogP contribution in [0.4, 0.5) is 4.39 Å². The van der Waals surface area contributed by atoms with E-state index < -0.39 is 15.8 Å². The summed E-state index contributed by atoms with van der Waals surface area (Å²) in [6.45, 7) is 0.983. The maximum Gasteiger partial charge on any atom is 0.243 e. The van der Waals surface area contributed by atoms with E-state index in [0.717, 1.165) is 12.5 Å². The van der Waals surface area contributed by atoms with E-state index in [2.05, 4.69) is 4.98 Å². The number of ether oxygens (including phenoxy) is 2. The fourth-order valence-corrected chi connectivity index (χ4v) is 4.76. The number of sulfonamides is 1. The molecule has 1 aliphatic heterocycles. The maximum atomic E-state index is 13.9. The van der Waals surface area contributed by atoms with Gasteiger partial charge in [0.2, 0.25) is 15.9 Å². The monoisotopic (exact) mass is 414 g/mol. The highest BCUT2D eigenvalue weighted by Crippen LogP contribution is 2.28. The third-order valence-corrected chi connectivity index (χ3v) is 6.57. The van der Waals surface area contributed by atoms with Gasteiger partial charge in [-0.2, -0.15) is 4.31 Å². The number of piperidine rings is 1. The van der Waals surface area contributed by atoms with Gasteiger partial charge in [-0.25, -0.2) is 17.8 Å². The van der Waals surface area contributed by atoms with E-state index in [9.17, 15) is 12.8 Å². The van der Waals surface area contributed by atoms with Crippen LogP contribution in [-0.4, -0.2) is 44.5 Å². The number of benzene rings is 1. The molecule has 1 saturated heterocycles. The van der Waals surface area contributed by atoms with Crippen molar-refractivity contribution in [2.45, 2.75) is 17.7 Å². The Morgan fingerprint density at radius 3 is 2.89 bits per heavy atom. The van der Waals surface area contributed by atoms with Crippen molar-refractivity contribution in [3.05, 3.63) is 47.4 Å². The summed E-state index contributed by atoms with van der Waals surface area (Å²) in [4.78, 5) is 3.98. The van der Waals surface area contributed by atoms with Crippen molar-refractivity contribution in [3.8, 4) is 11.6 Å². The van der Waals surface area contributed by atoms with Gasteiger partial charge in [-0.1, -0.05) is 11.6 Å². The maximum absolute atomic E-state index is 13.9. The van der Waals surface area contributed by atoms with Gasteiger partial charge in [0.1, 0.15) is 5.02 Å². The van der Waals surface area contributed by atoms with Crippen LogP contribution < -0.4 is 9.47 Å². The fraction of sp³-hybridized carbons (Fsp3) is 0.389. The standard InChI is InChI=1S/C18H20ClFN2O4S/c1-25-17-7-6-14(10-16(17)20)27(23,24)22-9-3-4-13(11-22)12-26-18-15(19)5-2-8-21-18/h2,5-8,10,13H,3-4,9,11-12H2,1H3. The number of methoxy groups -OCH3 is 1. The summed E-state index contributed by atoms with van der Waals surface area (Å²) < 4.78 is 51.5. The van der Waals surface area contributed by atoms with E-state index in [1.165, 1.54) is 23.5 Å². The molecular weight excluding hydrogens is 395 g/mol. The lowest BCUT2D eigenvalue weighted by Gasteiger charge is -2.31. The zero-order valence-corrected chi connectivity index (χ0v) is 16.3. The summed E-state index contributed by atoms with van der Waals surface area (Å²) in [5.74, 6) is -0.377. The molecule has 0 spiro atoms. The molecule has 0 N–H and O–H groups in total. The Balaban J connectivity index is 1.69. The molecule has 0 aliphatic carbocycles. The van der Waals surface area contributed by atoms with Crippen molar-refractivity contribution in [3.63, 3.8) is 0 Å². The first-order valence-corrected chi connectivity index (χ1v) is 10.3. The Hall–Kier alpha value is -1.90. The second-order valence-corrected chi connectivity index (χ2v) is 8.61. The van der Waals surface area contributed by atoms with Gasteiger partial charge in [0.15, 0.2) is 11.6 Å². The lowest BCUT2D eigenvalue weighted by atomic mass is 10.0. The van der Waals surface area contributed by atoms with Gasteiger partial charge in [-0.05, 0) is 43.2 Å². The Morgan fingerprint density at radius 2 is 2.19 bits per heavy atom. The largest absolute Gasteiger partial charge is 0.494 e. The van der Waals surface area contributed by atoms with Crippen molar-refractivity contribution >= 4 is 21.6 Å². The molecular formula is C18H20ClFN2O4S. The predicted molar refractivity (Wildman–Crippen MR) is 99.2 cm³/mol. The predicted octanol–water partition coefficient (Wildman–Crippen LogP) is 3.36. The number of pyridine rings is 1. The second-order valence-electron chi connectivity index (χ2n) is 6.27. The van der Waals surface area contributed by atoms with Crippen LogP contribution in [0.15, 0.2) is 41.4 Å². The summed E-state index contributed by atoms with van der Waals surface area (Å²) in [7, 11) is -2.46. The number of aromatic nitrogens is 1. The molecule has 27 heavy (non-hydrogen) atoms. The average molecular weight is 415 g/mol. The number of hydrogen-bond acceptors (Lipinski definition) is 5. The SMILES string of the molecule is COc1ccc(S(=O)(=O)N2CCCC(COc3ncccc3Cl)C2)cc1F. The van der Waals surface area contributed by atoms with Crippen LogP contribution in [0.2, 0.25) is 5.02 Å². The molecule has 0 bridgehead atoms. The van der Waals surface area contributed by atoms with Crippen LogP contribution in [0.25, 0.3) is 0 Å². The van der Waals surface area contributed by atoms with Crippen LogP contribution >= 0.6 is 11.6 Å². The topological polar surface area (TPSA) is 68.7 Å². The minimum absolute atomic E-state index is 0.00491. The van der Waals surface area contributed by atoms with Crippen LogP contribution in [0, 0.1) is 11.7 Å². The molecule has 6 nitrogen and oxygen atoms in total. The Kier molecular flexibility index (Phi) is 6.18. The first-order valence-electron chi connectivity index (χ1n) is 8.49. The van der Waals surface area contributed by atoms with Crippen molar-refractivity contribution in [1.82, 2.24) is 9.29 Å². The summed E-state index contributed by atoms with van der Waals surface area (Å²) in [6.07, 6.45) is 3.10. The van der Waals surface area contributed by atoms with Gasteiger partial charge in [0.25, 0.3) is 0 Å². The minimum Gasteiger partial charge on any atom is -0.494 e. The lowest BCUT2D eigenvalue weighted by molar-refractivity contribution is 0.176. The minimum atomic E-state index is -3.79. The number of nitrogens with zero attached hydrogens (tertiary/aromatic N) is 2. The van der Waals surface area contributed by atoms with Crippen molar-refractivity contribution in [2.75, 3.05) is 26.8 Å². The van der Waals surface area contributed by atoms with Crippen LogP contribution in [0.1, 0.15) is 12.8 Å². The molecule has 146 valence electrons. The van der Waals surface area contributed by atoms with E-state index in [1.807, 2.05) is 0 Å². The molecule has 0 saturated carbocycles. The summed E-state index contributed by atoms with van der Waals surface area (Å²) in [5, 5.41) is 0.409. The molecule has 0 amide bonds. The Labute approximate surface area is 162 Å². The third-order valence-electron chi connectivity index (χ3n) is 4.42. The van der Waals surface area contributed by atoms with E-state index in [0.29, 0.717) is 37.0 Å². The van der Waals surface area contributed by atoms with E-state index in [-0.39, 0.29) is 16.6 Å². The van der Waals surface area contributed by atoms with Gasteiger partial charge in [-0.15, -0.1) is 0 Å². The number of hydrogen-bond donors (Lipinski definition) is 0. The van der Waals surface area contributed by atoms with Crippen LogP contribution in [0.3, 0.4) is 0 Å². The Morgan fingerprint density at radius 1 is 1.37 bits per heavy atom. The molecule has 2 aromatic rings. The molecule has 9 heteroatoms. The third kappa shape index (κ3) is 4.51. The van der Waals surface area contributed by atoms with Gasteiger partial charge < -0.3 is 9.47 Å². The Bertz CT molecular complexity index is 910. The molecule has 1 atom stereocenters. The highest BCUT2D eigenvalue weighted by Gasteiger charge is 2.31. The van der Waals surface area contributed by atoms with E-state index in [4.69, 9.17) is 21.1 Å². The highest BCUT2D eigenvalue weighted by atomic mass is 35.5. The quantitative estimate of drug-likeness (QED) is 0.725. The van der Waals surface area contributed by atoms with Crippen LogP contribution in [-0.2, 0) is 10.0 Å². The zero-order chi connectivity index (χ0) is 19.4. The van der Waals surface area contributed by atoms with Gasteiger partial charge in [-0.3, -0.25) is 0 Å². The van der Waals surface area contributed by atoms with Gasteiger partial charge >= 0.3 is 0 Å². The normalized spacial score (nSPS) is 18.3. The van der Waals surface area contributed by atoms with Crippen LogP contribution in [0.5, 0.6) is 11.6 Å². The molecule has 3 rings (SSSR count). The second kappa shape index (κ2) is 8.41. The first-order chi connectivity index (χ1) is 12.9. The molecule has 1 aromatic heterocycles. The van der Waals surface area contributed by atoms with Crippen molar-refractivity contribution < 1.29 is 22.3 Å². The smallest absolute Gasteiger partial charge is 0.243 e. The zero-order valence-electron chi connectivity index (χ0n) is 14.8. The van der Waals surface area contributed by atoms with Crippen molar-refractivity contribution in [1.29, 1.82) is 0 Å². The van der Waals surface area contributed by atoms with Gasteiger partial charge in [0.05, 0.1) is 18.6 Å². The summed E-state index contributed by atoms with van der Waals surface area (Å²) in [6, 6.07) is 7.04. The van der Waals surface area contributed by atoms with Crippen molar-refractivity contribution in [2.24, 2.45) is 5.92 Å². The fourth-order valence-electron chi connectivity index (χ4n) is 3.01. The number of halogens is 2. The molecule has 0 radical (unpaired) electrons. The highest BCUT2D eigenvalue weighted by molar-refractivity contribution is 7.89. The van der Waals surface area contributed by atoms with E-state index >= 15 is 0 Å². The van der Waals surface area contributed by atoms with Gasteiger partial charge in [0, 0.05) is 25.2 Å². The summed E-state index contributed by atoms with van der Waals surface area (Å²) in [5.41, 5.74) is 0. The molecule has 1 fully saturated rings. The summed E-state index contributed by atoms with van der Waals surface area (Å²) >= 11 is 6.02. The lowest BCUT2D eigenvalue weighted by Crippen LogP contribution is -2.41. The molecule has 2 heterocycles.